The summed E-state index contributed by atoms with van der Waals surface area (Å²) in [7, 11) is 0. The lowest BCUT2D eigenvalue weighted by Crippen LogP contribution is -2.11. The van der Waals surface area contributed by atoms with E-state index in [-0.39, 0.29) is 5.41 Å². The predicted molar refractivity (Wildman–Crippen MR) is 128 cm³/mol. The van der Waals surface area contributed by atoms with Gasteiger partial charge in [0.2, 0.25) is 0 Å². The van der Waals surface area contributed by atoms with Crippen molar-refractivity contribution in [2.45, 2.75) is 52.9 Å². The predicted octanol–water partition coefficient (Wildman–Crippen LogP) is 8.36. The maximum atomic E-state index is 4.80. The van der Waals surface area contributed by atoms with Gasteiger partial charge >= 0.3 is 0 Å². The van der Waals surface area contributed by atoms with Crippen LogP contribution in [-0.2, 0) is 5.41 Å². The molecule has 0 saturated heterocycles. The van der Waals surface area contributed by atoms with Crippen LogP contribution in [-0.4, -0.2) is 4.98 Å². The second kappa shape index (κ2) is 7.42. The van der Waals surface area contributed by atoms with Crippen LogP contribution in [0.15, 0.2) is 60.8 Å². The molecule has 0 atom stereocenters. The highest BCUT2D eigenvalue weighted by Gasteiger charge is 2.16. The third kappa shape index (κ3) is 4.13. The topological polar surface area (TPSA) is 12.9 Å². The van der Waals surface area contributed by atoms with Crippen LogP contribution in [0.4, 0.5) is 0 Å². The van der Waals surface area contributed by atoms with E-state index in [4.69, 9.17) is 4.98 Å². The summed E-state index contributed by atoms with van der Waals surface area (Å²) >= 11 is 1.82. The van der Waals surface area contributed by atoms with Gasteiger partial charge in [-0.15, -0.1) is 11.3 Å². The number of aryl methyl sites for hydroxylation is 1. The molecule has 4 rings (SSSR count). The maximum absolute atomic E-state index is 4.80. The van der Waals surface area contributed by atoms with E-state index >= 15 is 0 Å². The Morgan fingerprint density at radius 1 is 0.862 bits per heavy atom. The third-order valence-electron chi connectivity index (χ3n) is 5.51. The summed E-state index contributed by atoms with van der Waals surface area (Å²) in [5, 5.41) is 1.27. The quantitative estimate of drug-likeness (QED) is 0.337. The van der Waals surface area contributed by atoms with E-state index in [0.717, 1.165) is 5.69 Å². The molecule has 148 valence electrons. The van der Waals surface area contributed by atoms with Crippen molar-refractivity contribution in [3.8, 4) is 21.7 Å². The lowest BCUT2D eigenvalue weighted by atomic mass is 9.85. The van der Waals surface area contributed by atoms with Gasteiger partial charge in [-0.05, 0) is 64.6 Å². The fourth-order valence-electron chi connectivity index (χ4n) is 3.64. The molecule has 29 heavy (non-hydrogen) atoms. The highest BCUT2D eigenvalue weighted by Crippen LogP contribution is 2.36. The summed E-state index contributed by atoms with van der Waals surface area (Å²) in [6.45, 7) is 13.4. The van der Waals surface area contributed by atoms with Gasteiger partial charge in [0.25, 0.3) is 0 Å². The third-order valence-corrected chi connectivity index (χ3v) is 6.64. The first kappa shape index (κ1) is 19.8. The molecule has 0 amide bonds. The molecule has 0 N–H and O–H groups in total. The van der Waals surface area contributed by atoms with Gasteiger partial charge in [0, 0.05) is 16.6 Å². The number of hydrogen-bond donors (Lipinski definition) is 0. The second-order valence-electron chi connectivity index (χ2n) is 9.33. The molecule has 2 heteroatoms. The van der Waals surface area contributed by atoms with Crippen molar-refractivity contribution in [3.05, 3.63) is 77.5 Å². The van der Waals surface area contributed by atoms with E-state index in [1.807, 2.05) is 17.5 Å². The smallest absolute Gasteiger partial charge is 0.0709 e. The fourth-order valence-corrected chi connectivity index (χ4v) is 4.66. The minimum Gasteiger partial charge on any atom is -0.255 e. The molecule has 0 aliphatic rings. The van der Waals surface area contributed by atoms with E-state index in [9.17, 15) is 0 Å². The first-order chi connectivity index (χ1) is 13.7. The van der Waals surface area contributed by atoms with Crippen LogP contribution in [0, 0.1) is 6.92 Å². The highest BCUT2D eigenvalue weighted by molar-refractivity contribution is 7.22. The molecule has 1 nitrogen and oxygen atoms in total. The molecular formula is C27H29NS. The lowest BCUT2D eigenvalue weighted by molar-refractivity contribution is 0.590. The Morgan fingerprint density at radius 3 is 2.24 bits per heavy atom. The van der Waals surface area contributed by atoms with Crippen LogP contribution >= 0.6 is 11.3 Å². The molecular weight excluding hydrogens is 370 g/mol. The zero-order valence-corrected chi connectivity index (χ0v) is 19.0. The van der Waals surface area contributed by atoms with Gasteiger partial charge in [0.05, 0.1) is 10.4 Å². The molecule has 0 spiro atoms. The zero-order valence-electron chi connectivity index (χ0n) is 18.2. The van der Waals surface area contributed by atoms with Crippen molar-refractivity contribution in [1.29, 1.82) is 0 Å². The van der Waals surface area contributed by atoms with Crippen molar-refractivity contribution >= 4 is 21.4 Å². The number of hydrogen-bond acceptors (Lipinski definition) is 2. The lowest BCUT2D eigenvalue weighted by Gasteiger charge is -2.20. The first-order valence-corrected chi connectivity index (χ1v) is 11.1. The molecule has 0 saturated carbocycles. The van der Waals surface area contributed by atoms with Crippen molar-refractivity contribution in [3.63, 3.8) is 0 Å². The van der Waals surface area contributed by atoms with Crippen molar-refractivity contribution < 1.29 is 0 Å². The number of pyridine rings is 1. The summed E-state index contributed by atoms with van der Waals surface area (Å²) in [6.07, 6.45) is 2.03. The number of nitrogens with zero attached hydrogens (tertiary/aromatic N) is 1. The fraction of sp³-hybridized carbons (Fsp3) is 0.296. The summed E-state index contributed by atoms with van der Waals surface area (Å²) < 4.78 is 1.24. The number of thiophene rings is 1. The van der Waals surface area contributed by atoms with Crippen LogP contribution in [0.1, 0.15) is 57.2 Å². The monoisotopic (exact) mass is 399 g/mol. The Balaban J connectivity index is 1.73. The van der Waals surface area contributed by atoms with Crippen LogP contribution in [0.3, 0.4) is 0 Å². The Labute approximate surface area is 178 Å². The van der Waals surface area contributed by atoms with Gasteiger partial charge in [-0.25, -0.2) is 0 Å². The molecule has 0 aliphatic heterocycles. The molecule has 0 radical (unpaired) electrons. The summed E-state index contributed by atoms with van der Waals surface area (Å²) in [6, 6.07) is 20.3. The number of fused-ring (bicyclic) bond motifs is 1. The van der Waals surface area contributed by atoms with E-state index in [0.29, 0.717) is 5.92 Å². The van der Waals surface area contributed by atoms with Gasteiger partial charge in [-0.2, -0.15) is 0 Å². The molecule has 2 heterocycles. The molecule has 0 aliphatic carbocycles. The molecule has 0 unspecified atom stereocenters. The average molecular weight is 400 g/mol. The van der Waals surface area contributed by atoms with Gasteiger partial charge in [-0.3, -0.25) is 4.98 Å². The van der Waals surface area contributed by atoms with Crippen molar-refractivity contribution in [2.75, 3.05) is 0 Å². The normalized spacial score (nSPS) is 12.1. The maximum Gasteiger partial charge on any atom is 0.0709 e. The zero-order chi connectivity index (χ0) is 20.8. The number of benzene rings is 2. The molecule has 2 aromatic carbocycles. The van der Waals surface area contributed by atoms with Crippen LogP contribution < -0.4 is 0 Å². The Morgan fingerprint density at radius 2 is 1.59 bits per heavy atom. The first-order valence-electron chi connectivity index (χ1n) is 10.3. The summed E-state index contributed by atoms with van der Waals surface area (Å²) in [5.74, 6) is 0.561. The standard InChI is InChI=1S/C27H29NS/c1-17(2)19-7-9-20(10-8-19)25-15-22-14-24(28-16-26(22)29-25)21-11-18(3)12-23(13-21)27(4,5)6/h7-17H,1-6H3. The van der Waals surface area contributed by atoms with E-state index in [1.54, 1.807) is 0 Å². The summed E-state index contributed by atoms with van der Waals surface area (Å²) in [5.41, 5.74) is 7.67. The SMILES string of the molecule is Cc1cc(-c2cc3cc(-c4ccc(C(C)C)cc4)sc3cn2)cc(C(C)(C)C)c1. The van der Waals surface area contributed by atoms with Gasteiger partial charge in [0.1, 0.15) is 0 Å². The van der Waals surface area contributed by atoms with Crippen molar-refractivity contribution in [1.82, 2.24) is 4.98 Å². The largest absolute Gasteiger partial charge is 0.255 e. The molecule has 0 bridgehead atoms. The van der Waals surface area contributed by atoms with E-state index in [1.165, 1.54) is 42.8 Å². The Bertz CT molecular complexity index is 1160. The molecule has 4 aromatic rings. The molecule has 0 fully saturated rings. The molecule has 2 aromatic heterocycles. The van der Waals surface area contributed by atoms with Gasteiger partial charge < -0.3 is 0 Å². The van der Waals surface area contributed by atoms with Crippen LogP contribution in [0.2, 0.25) is 0 Å². The number of rotatable bonds is 3. The van der Waals surface area contributed by atoms with Gasteiger partial charge in [-0.1, -0.05) is 70.5 Å². The van der Waals surface area contributed by atoms with Crippen LogP contribution in [0.5, 0.6) is 0 Å². The van der Waals surface area contributed by atoms with Gasteiger partial charge in [0.15, 0.2) is 0 Å². The van der Waals surface area contributed by atoms with E-state index in [2.05, 4.69) is 96.1 Å². The Hall–Kier alpha value is -2.45. The van der Waals surface area contributed by atoms with Crippen molar-refractivity contribution in [2.24, 2.45) is 0 Å². The van der Waals surface area contributed by atoms with E-state index < -0.39 is 0 Å². The second-order valence-corrected chi connectivity index (χ2v) is 10.4. The number of aromatic nitrogens is 1. The van der Waals surface area contributed by atoms with Crippen LogP contribution in [0.25, 0.3) is 31.8 Å². The minimum atomic E-state index is 0.128. The summed E-state index contributed by atoms with van der Waals surface area (Å²) in [4.78, 5) is 6.10. The highest BCUT2D eigenvalue weighted by atomic mass is 32.1. The Kier molecular flexibility index (Phi) is 5.08. The minimum absolute atomic E-state index is 0.128. The average Bonchev–Trinajstić information content (AvgIpc) is 3.10.